The van der Waals surface area contributed by atoms with E-state index in [4.69, 9.17) is 4.74 Å². The van der Waals surface area contributed by atoms with Gasteiger partial charge in [0.1, 0.15) is 5.75 Å². The number of para-hydroxylation sites is 2. The Bertz CT molecular complexity index is 922. The number of hydrogen-bond acceptors (Lipinski definition) is 3. The Morgan fingerprint density at radius 3 is 2.15 bits per heavy atom. The van der Waals surface area contributed by atoms with Crippen molar-refractivity contribution in [3.63, 3.8) is 0 Å². The third kappa shape index (κ3) is 4.73. The molecule has 0 bridgehead atoms. The molecule has 0 aliphatic carbocycles. The number of carbonyl (C=O) groups is 2. The van der Waals surface area contributed by atoms with Crippen LogP contribution in [0, 0.1) is 0 Å². The molecule has 2 amide bonds. The predicted octanol–water partition coefficient (Wildman–Crippen LogP) is 4.59. The second kappa shape index (κ2) is 8.67. The van der Waals surface area contributed by atoms with Crippen molar-refractivity contribution in [3.05, 3.63) is 90.0 Å². The molecule has 0 atom stereocenters. The largest absolute Gasteiger partial charge is 0.494 e. The van der Waals surface area contributed by atoms with Crippen molar-refractivity contribution in [2.75, 3.05) is 17.2 Å². The van der Waals surface area contributed by atoms with Gasteiger partial charge in [-0.2, -0.15) is 0 Å². The van der Waals surface area contributed by atoms with E-state index in [1.54, 1.807) is 60.7 Å². The van der Waals surface area contributed by atoms with Gasteiger partial charge < -0.3 is 15.4 Å². The van der Waals surface area contributed by atoms with E-state index in [2.05, 4.69) is 10.6 Å². The summed E-state index contributed by atoms with van der Waals surface area (Å²) in [5.74, 6) is 0.124. The summed E-state index contributed by atoms with van der Waals surface area (Å²) >= 11 is 0. The maximum Gasteiger partial charge on any atom is 0.257 e. The summed E-state index contributed by atoms with van der Waals surface area (Å²) in [6.45, 7) is 2.47. The van der Waals surface area contributed by atoms with Gasteiger partial charge >= 0.3 is 0 Å². The summed E-state index contributed by atoms with van der Waals surface area (Å²) in [5.41, 5.74) is 2.01. The second-order valence-corrected chi connectivity index (χ2v) is 5.78. The van der Waals surface area contributed by atoms with Gasteiger partial charge in [-0.1, -0.05) is 30.3 Å². The zero-order chi connectivity index (χ0) is 19.1. The predicted molar refractivity (Wildman–Crippen MR) is 106 cm³/mol. The highest BCUT2D eigenvalue weighted by Gasteiger charge is 2.14. The van der Waals surface area contributed by atoms with Crippen molar-refractivity contribution in [3.8, 4) is 5.75 Å². The van der Waals surface area contributed by atoms with E-state index in [0.717, 1.165) is 0 Å². The van der Waals surface area contributed by atoms with Gasteiger partial charge in [0, 0.05) is 11.3 Å². The molecule has 136 valence electrons. The SMILES string of the molecule is CCOc1ccc(C(=O)Nc2ccccc2C(=O)Nc2ccccc2)cc1. The Morgan fingerprint density at radius 1 is 0.778 bits per heavy atom. The number of benzene rings is 3. The van der Waals surface area contributed by atoms with E-state index >= 15 is 0 Å². The monoisotopic (exact) mass is 360 g/mol. The van der Waals surface area contributed by atoms with Crippen LogP contribution < -0.4 is 15.4 Å². The van der Waals surface area contributed by atoms with Crippen molar-refractivity contribution >= 4 is 23.2 Å². The van der Waals surface area contributed by atoms with Crippen LogP contribution in [0.3, 0.4) is 0 Å². The molecular formula is C22H20N2O3. The zero-order valence-electron chi connectivity index (χ0n) is 14.9. The summed E-state index contributed by atoms with van der Waals surface area (Å²) in [4.78, 5) is 25.1. The van der Waals surface area contributed by atoms with Gasteiger partial charge in [-0.25, -0.2) is 0 Å². The van der Waals surface area contributed by atoms with Gasteiger partial charge in [0.2, 0.25) is 0 Å². The number of carbonyl (C=O) groups excluding carboxylic acids is 2. The van der Waals surface area contributed by atoms with Gasteiger partial charge in [-0.15, -0.1) is 0 Å². The van der Waals surface area contributed by atoms with Gasteiger partial charge in [-0.3, -0.25) is 9.59 Å². The molecule has 0 saturated carbocycles. The third-order valence-electron chi connectivity index (χ3n) is 3.88. The van der Waals surface area contributed by atoms with Crippen molar-refractivity contribution in [1.29, 1.82) is 0 Å². The van der Waals surface area contributed by atoms with Crippen LogP contribution in [0.15, 0.2) is 78.9 Å². The molecule has 0 aromatic heterocycles. The van der Waals surface area contributed by atoms with Crippen LogP contribution in [0.1, 0.15) is 27.6 Å². The van der Waals surface area contributed by atoms with Crippen molar-refractivity contribution in [1.82, 2.24) is 0 Å². The fourth-order valence-electron chi connectivity index (χ4n) is 2.57. The lowest BCUT2D eigenvalue weighted by atomic mass is 10.1. The Labute approximate surface area is 158 Å². The van der Waals surface area contributed by atoms with Crippen molar-refractivity contribution in [2.24, 2.45) is 0 Å². The van der Waals surface area contributed by atoms with E-state index in [9.17, 15) is 9.59 Å². The standard InChI is InChI=1S/C22H20N2O3/c1-2-27-18-14-12-16(13-15-18)21(25)24-20-11-7-6-10-19(20)22(26)23-17-8-4-3-5-9-17/h3-15H,2H2,1H3,(H,23,26)(H,24,25). The van der Waals surface area contributed by atoms with Crippen molar-refractivity contribution in [2.45, 2.75) is 6.92 Å². The quantitative estimate of drug-likeness (QED) is 0.676. The Kier molecular flexibility index (Phi) is 5.84. The summed E-state index contributed by atoms with van der Waals surface area (Å²) in [5, 5.41) is 5.63. The molecule has 0 aliphatic rings. The normalized spacial score (nSPS) is 10.1. The molecule has 3 aromatic rings. The average Bonchev–Trinajstić information content (AvgIpc) is 2.70. The molecule has 0 aliphatic heterocycles. The number of rotatable bonds is 6. The molecule has 0 fully saturated rings. The van der Waals surface area contributed by atoms with Crippen LogP contribution in [0.25, 0.3) is 0 Å². The number of hydrogen-bond donors (Lipinski definition) is 2. The minimum atomic E-state index is -0.294. The van der Waals surface area contributed by atoms with Crippen LogP contribution in [0.2, 0.25) is 0 Å². The van der Waals surface area contributed by atoms with E-state index in [1.807, 2.05) is 25.1 Å². The lowest BCUT2D eigenvalue weighted by molar-refractivity contribution is 0.102. The highest BCUT2D eigenvalue weighted by Crippen LogP contribution is 2.19. The number of nitrogens with one attached hydrogen (secondary N) is 2. The van der Waals surface area contributed by atoms with Crippen LogP contribution in [-0.4, -0.2) is 18.4 Å². The van der Waals surface area contributed by atoms with E-state index in [0.29, 0.717) is 34.9 Å². The summed E-state index contributed by atoms with van der Waals surface area (Å²) < 4.78 is 5.38. The minimum absolute atomic E-state index is 0.288. The fraction of sp³-hybridized carbons (Fsp3) is 0.0909. The first kappa shape index (κ1) is 18.2. The van der Waals surface area contributed by atoms with E-state index in [-0.39, 0.29) is 11.8 Å². The second-order valence-electron chi connectivity index (χ2n) is 5.78. The molecule has 5 nitrogen and oxygen atoms in total. The summed E-state index contributed by atoms with van der Waals surface area (Å²) in [7, 11) is 0. The Morgan fingerprint density at radius 2 is 1.44 bits per heavy atom. The summed E-state index contributed by atoms with van der Waals surface area (Å²) in [6, 6.07) is 22.9. The van der Waals surface area contributed by atoms with Crippen LogP contribution in [0.5, 0.6) is 5.75 Å². The molecule has 0 unspecified atom stereocenters. The first-order valence-corrected chi connectivity index (χ1v) is 8.67. The first-order valence-electron chi connectivity index (χ1n) is 8.67. The van der Waals surface area contributed by atoms with Gasteiger partial charge in [0.05, 0.1) is 17.9 Å². The smallest absolute Gasteiger partial charge is 0.257 e. The lowest BCUT2D eigenvalue weighted by Crippen LogP contribution is -2.18. The molecule has 0 heterocycles. The minimum Gasteiger partial charge on any atom is -0.494 e. The van der Waals surface area contributed by atoms with Gasteiger partial charge in [0.25, 0.3) is 11.8 Å². The number of anilines is 2. The fourth-order valence-corrected chi connectivity index (χ4v) is 2.57. The topological polar surface area (TPSA) is 67.4 Å². The summed E-state index contributed by atoms with van der Waals surface area (Å²) in [6.07, 6.45) is 0. The van der Waals surface area contributed by atoms with Crippen molar-refractivity contribution < 1.29 is 14.3 Å². The molecule has 0 saturated heterocycles. The first-order chi connectivity index (χ1) is 13.2. The molecule has 27 heavy (non-hydrogen) atoms. The van der Waals surface area contributed by atoms with Crippen LogP contribution in [-0.2, 0) is 0 Å². The lowest BCUT2D eigenvalue weighted by Gasteiger charge is -2.12. The molecular weight excluding hydrogens is 340 g/mol. The molecule has 2 N–H and O–H groups in total. The molecule has 3 aromatic carbocycles. The highest BCUT2D eigenvalue weighted by atomic mass is 16.5. The molecule has 3 rings (SSSR count). The molecule has 0 spiro atoms. The van der Waals surface area contributed by atoms with Gasteiger partial charge in [0.15, 0.2) is 0 Å². The van der Waals surface area contributed by atoms with Crippen LogP contribution in [0.4, 0.5) is 11.4 Å². The number of ether oxygens (including phenoxy) is 1. The third-order valence-corrected chi connectivity index (χ3v) is 3.88. The van der Waals surface area contributed by atoms with Crippen LogP contribution >= 0.6 is 0 Å². The highest BCUT2D eigenvalue weighted by molar-refractivity contribution is 6.12. The molecule has 0 radical (unpaired) electrons. The Hall–Kier alpha value is -3.60. The maximum atomic E-state index is 12.6. The number of amides is 2. The Balaban J connectivity index is 1.75. The van der Waals surface area contributed by atoms with E-state index in [1.165, 1.54) is 0 Å². The molecule has 5 heteroatoms. The zero-order valence-corrected chi connectivity index (χ0v) is 14.9. The maximum absolute atomic E-state index is 12.6. The average molecular weight is 360 g/mol. The van der Waals surface area contributed by atoms with E-state index < -0.39 is 0 Å². The van der Waals surface area contributed by atoms with Gasteiger partial charge in [-0.05, 0) is 55.5 Å².